The van der Waals surface area contributed by atoms with Crippen molar-refractivity contribution in [3.63, 3.8) is 0 Å². The first-order valence-electron chi connectivity index (χ1n) is 6.43. The summed E-state index contributed by atoms with van der Waals surface area (Å²) in [5.74, 6) is -0.762. The monoisotopic (exact) mass is 280 g/mol. The molecule has 21 heavy (non-hydrogen) atoms. The summed E-state index contributed by atoms with van der Waals surface area (Å²) >= 11 is 0. The van der Waals surface area contributed by atoms with Crippen LogP contribution in [-0.4, -0.2) is 16.9 Å². The topological polar surface area (TPSA) is 67.5 Å². The fourth-order valence-corrected chi connectivity index (χ4v) is 2.23. The third-order valence-corrected chi connectivity index (χ3v) is 3.31. The standard InChI is InChI=1S/C17H12O4/c1-10(18)16-9-14-8-12(5-6-15(14)21-16)11-3-2-4-13(7-11)17(19)20/h2-9H,1H3,(H,19,20). The van der Waals surface area contributed by atoms with Crippen molar-refractivity contribution in [2.24, 2.45) is 0 Å². The second-order valence-corrected chi connectivity index (χ2v) is 4.81. The highest BCUT2D eigenvalue weighted by molar-refractivity contribution is 5.97. The Kier molecular flexibility index (Phi) is 3.06. The van der Waals surface area contributed by atoms with Gasteiger partial charge in [-0.1, -0.05) is 18.2 Å². The van der Waals surface area contributed by atoms with E-state index in [0.29, 0.717) is 11.3 Å². The Labute approximate surface area is 120 Å². The molecule has 2 aromatic carbocycles. The van der Waals surface area contributed by atoms with Gasteiger partial charge in [-0.05, 0) is 41.5 Å². The maximum Gasteiger partial charge on any atom is 0.335 e. The molecule has 1 heterocycles. The molecule has 0 bridgehead atoms. The molecule has 3 rings (SSSR count). The molecular weight excluding hydrogens is 268 g/mol. The van der Waals surface area contributed by atoms with Crippen molar-refractivity contribution in [1.29, 1.82) is 0 Å². The van der Waals surface area contributed by atoms with E-state index in [9.17, 15) is 9.59 Å². The minimum Gasteiger partial charge on any atom is -0.478 e. The molecule has 0 aliphatic carbocycles. The van der Waals surface area contributed by atoms with Crippen LogP contribution in [0.4, 0.5) is 0 Å². The molecule has 3 aromatic rings. The van der Waals surface area contributed by atoms with Gasteiger partial charge in [-0.2, -0.15) is 0 Å². The van der Waals surface area contributed by atoms with Crippen LogP contribution < -0.4 is 0 Å². The zero-order chi connectivity index (χ0) is 15.0. The van der Waals surface area contributed by atoms with Crippen LogP contribution in [0, 0.1) is 0 Å². The molecular formula is C17H12O4. The summed E-state index contributed by atoms with van der Waals surface area (Å²) in [6.07, 6.45) is 0. The van der Waals surface area contributed by atoms with Gasteiger partial charge in [0.05, 0.1) is 5.56 Å². The lowest BCUT2D eigenvalue weighted by Crippen LogP contribution is -1.95. The smallest absolute Gasteiger partial charge is 0.335 e. The number of ketones is 1. The van der Waals surface area contributed by atoms with Gasteiger partial charge in [0.25, 0.3) is 0 Å². The van der Waals surface area contributed by atoms with Crippen molar-refractivity contribution in [3.05, 3.63) is 59.9 Å². The average Bonchev–Trinajstić information content (AvgIpc) is 2.90. The molecule has 1 N–H and O–H groups in total. The van der Waals surface area contributed by atoms with E-state index in [1.807, 2.05) is 18.2 Å². The summed E-state index contributed by atoms with van der Waals surface area (Å²) < 4.78 is 5.44. The lowest BCUT2D eigenvalue weighted by molar-refractivity contribution is 0.0696. The van der Waals surface area contributed by atoms with E-state index in [0.717, 1.165) is 16.5 Å². The fraction of sp³-hybridized carbons (Fsp3) is 0.0588. The van der Waals surface area contributed by atoms with Crippen molar-refractivity contribution in [2.75, 3.05) is 0 Å². The molecule has 0 saturated carbocycles. The van der Waals surface area contributed by atoms with Crippen LogP contribution in [0.5, 0.6) is 0 Å². The van der Waals surface area contributed by atoms with E-state index in [1.54, 1.807) is 30.3 Å². The molecule has 0 saturated heterocycles. The summed E-state index contributed by atoms with van der Waals surface area (Å²) in [5, 5.41) is 9.86. The van der Waals surface area contributed by atoms with Crippen LogP contribution in [0.25, 0.3) is 22.1 Å². The number of hydrogen-bond acceptors (Lipinski definition) is 3. The van der Waals surface area contributed by atoms with Gasteiger partial charge in [-0.15, -0.1) is 0 Å². The van der Waals surface area contributed by atoms with Crippen molar-refractivity contribution in [1.82, 2.24) is 0 Å². The zero-order valence-electron chi connectivity index (χ0n) is 11.3. The fourth-order valence-electron chi connectivity index (χ4n) is 2.23. The Bertz CT molecular complexity index is 858. The molecule has 0 amide bonds. The van der Waals surface area contributed by atoms with Gasteiger partial charge >= 0.3 is 5.97 Å². The van der Waals surface area contributed by atoms with E-state index in [1.165, 1.54) is 6.92 Å². The Balaban J connectivity index is 2.10. The third-order valence-electron chi connectivity index (χ3n) is 3.31. The van der Waals surface area contributed by atoms with Gasteiger partial charge in [0.2, 0.25) is 0 Å². The summed E-state index contributed by atoms with van der Waals surface area (Å²) in [5.41, 5.74) is 2.56. The number of furan rings is 1. The van der Waals surface area contributed by atoms with E-state index >= 15 is 0 Å². The predicted molar refractivity (Wildman–Crippen MR) is 78.6 cm³/mol. The highest BCUT2D eigenvalue weighted by Crippen LogP contribution is 2.27. The second kappa shape index (κ2) is 4.90. The van der Waals surface area contributed by atoms with Crippen molar-refractivity contribution >= 4 is 22.7 Å². The first-order chi connectivity index (χ1) is 10.0. The minimum atomic E-state index is -0.958. The highest BCUT2D eigenvalue weighted by atomic mass is 16.4. The number of carbonyl (C=O) groups is 2. The molecule has 4 heteroatoms. The molecule has 0 spiro atoms. The lowest BCUT2D eigenvalue weighted by Gasteiger charge is -2.03. The molecule has 0 radical (unpaired) electrons. The summed E-state index contributed by atoms with van der Waals surface area (Å²) in [7, 11) is 0. The van der Waals surface area contributed by atoms with Crippen LogP contribution in [0.1, 0.15) is 27.8 Å². The number of benzene rings is 2. The minimum absolute atomic E-state index is 0.124. The van der Waals surface area contributed by atoms with Gasteiger partial charge in [0, 0.05) is 12.3 Å². The number of Topliss-reactive ketones (excluding diaryl/α,β-unsaturated/α-hetero) is 1. The van der Waals surface area contributed by atoms with Crippen LogP contribution in [0.2, 0.25) is 0 Å². The van der Waals surface area contributed by atoms with Gasteiger partial charge in [0.15, 0.2) is 11.5 Å². The van der Waals surface area contributed by atoms with Crippen molar-refractivity contribution < 1.29 is 19.1 Å². The predicted octanol–water partition coefficient (Wildman–Crippen LogP) is 4.00. The Morgan fingerprint density at radius 3 is 2.48 bits per heavy atom. The Morgan fingerprint density at radius 2 is 1.76 bits per heavy atom. The molecule has 0 atom stereocenters. The maximum absolute atomic E-state index is 11.3. The maximum atomic E-state index is 11.3. The van der Waals surface area contributed by atoms with E-state index in [-0.39, 0.29) is 11.3 Å². The summed E-state index contributed by atoms with van der Waals surface area (Å²) in [6.45, 7) is 1.45. The van der Waals surface area contributed by atoms with Gasteiger partial charge in [-0.3, -0.25) is 4.79 Å². The van der Waals surface area contributed by atoms with Gasteiger partial charge in [-0.25, -0.2) is 4.79 Å². The number of carbonyl (C=O) groups excluding carboxylic acids is 1. The number of rotatable bonds is 3. The van der Waals surface area contributed by atoms with Gasteiger partial charge < -0.3 is 9.52 Å². The van der Waals surface area contributed by atoms with Crippen LogP contribution in [0.3, 0.4) is 0 Å². The molecule has 0 fully saturated rings. The van der Waals surface area contributed by atoms with Crippen molar-refractivity contribution in [3.8, 4) is 11.1 Å². The SMILES string of the molecule is CC(=O)c1cc2cc(-c3cccc(C(=O)O)c3)ccc2o1. The molecule has 4 nitrogen and oxygen atoms in total. The molecule has 0 unspecified atom stereocenters. The summed E-state index contributed by atoms with van der Waals surface area (Å²) in [4.78, 5) is 22.4. The largest absolute Gasteiger partial charge is 0.478 e. The molecule has 1 aromatic heterocycles. The Hall–Kier alpha value is -2.88. The molecule has 0 aliphatic rings. The summed E-state index contributed by atoms with van der Waals surface area (Å²) in [6, 6.07) is 13.9. The van der Waals surface area contributed by atoms with Gasteiger partial charge in [0.1, 0.15) is 5.58 Å². The number of aromatic carboxylic acids is 1. The van der Waals surface area contributed by atoms with E-state index in [4.69, 9.17) is 9.52 Å². The highest BCUT2D eigenvalue weighted by Gasteiger charge is 2.10. The first-order valence-corrected chi connectivity index (χ1v) is 6.43. The van der Waals surface area contributed by atoms with E-state index in [2.05, 4.69) is 0 Å². The lowest BCUT2D eigenvalue weighted by atomic mass is 10.0. The van der Waals surface area contributed by atoms with E-state index < -0.39 is 5.97 Å². The number of hydrogen-bond donors (Lipinski definition) is 1. The average molecular weight is 280 g/mol. The van der Waals surface area contributed by atoms with Crippen LogP contribution in [-0.2, 0) is 0 Å². The van der Waals surface area contributed by atoms with Crippen LogP contribution in [0.15, 0.2) is 52.9 Å². The zero-order valence-corrected chi connectivity index (χ0v) is 11.3. The normalized spacial score (nSPS) is 10.7. The number of carboxylic acids is 1. The van der Waals surface area contributed by atoms with Crippen LogP contribution >= 0.6 is 0 Å². The number of carboxylic acid groups (broad SMARTS) is 1. The quantitative estimate of drug-likeness (QED) is 0.736. The molecule has 104 valence electrons. The second-order valence-electron chi connectivity index (χ2n) is 4.81. The first kappa shape index (κ1) is 13.1. The van der Waals surface area contributed by atoms with Crippen molar-refractivity contribution in [2.45, 2.75) is 6.92 Å². The number of fused-ring (bicyclic) bond motifs is 1. The third kappa shape index (κ3) is 2.43. The Morgan fingerprint density at radius 1 is 1.00 bits per heavy atom. The molecule has 0 aliphatic heterocycles.